The number of sulfonamides is 1. The number of rotatable bonds is 3. The Bertz CT molecular complexity index is 845. The van der Waals surface area contributed by atoms with Crippen molar-refractivity contribution in [3.8, 4) is 6.07 Å². The zero-order valence-electron chi connectivity index (χ0n) is 10.9. The molecule has 0 fully saturated rings. The first-order valence-electron chi connectivity index (χ1n) is 5.82. The topological polar surface area (TPSA) is 70.0 Å². The molecule has 0 spiro atoms. The first kappa shape index (κ1) is 15.3. The van der Waals surface area contributed by atoms with Gasteiger partial charge in [-0.15, -0.1) is 0 Å². The molecule has 21 heavy (non-hydrogen) atoms. The molecule has 0 aromatic heterocycles. The summed E-state index contributed by atoms with van der Waals surface area (Å²) in [6.07, 6.45) is 0. The van der Waals surface area contributed by atoms with Gasteiger partial charge in [-0.25, -0.2) is 12.8 Å². The van der Waals surface area contributed by atoms with E-state index in [1.165, 1.54) is 30.3 Å². The van der Waals surface area contributed by atoms with Gasteiger partial charge in [0.25, 0.3) is 10.0 Å². The van der Waals surface area contributed by atoms with Gasteiger partial charge in [0.1, 0.15) is 10.7 Å². The van der Waals surface area contributed by atoms with E-state index in [2.05, 4.69) is 4.72 Å². The van der Waals surface area contributed by atoms with Gasteiger partial charge in [0.05, 0.1) is 22.3 Å². The molecule has 0 unspecified atom stereocenters. The second-order valence-corrected chi connectivity index (χ2v) is 6.38. The quantitative estimate of drug-likeness (QED) is 0.940. The van der Waals surface area contributed by atoms with Gasteiger partial charge in [-0.1, -0.05) is 17.7 Å². The second-order valence-electron chi connectivity index (χ2n) is 4.33. The summed E-state index contributed by atoms with van der Waals surface area (Å²) in [6, 6.07) is 9.70. The lowest BCUT2D eigenvalue weighted by Crippen LogP contribution is -2.13. The number of nitrogens with zero attached hydrogens (tertiary/aromatic N) is 1. The number of nitriles is 1. The van der Waals surface area contributed by atoms with E-state index in [0.717, 1.165) is 6.07 Å². The van der Waals surface area contributed by atoms with Crippen molar-refractivity contribution < 1.29 is 12.8 Å². The van der Waals surface area contributed by atoms with E-state index in [4.69, 9.17) is 16.9 Å². The van der Waals surface area contributed by atoms with Crippen LogP contribution >= 0.6 is 11.6 Å². The maximum Gasteiger partial charge on any atom is 0.263 e. The van der Waals surface area contributed by atoms with Crippen molar-refractivity contribution >= 4 is 27.3 Å². The van der Waals surface area contributed by atoms with Crippen molar-refractivity contribution in [2.45, 2.75) is 11.8 Å². The minimum atomic E-state index is -3.96. The van der Waals surface area contributed by atoms with Crippen molar-refractivity contribution in [2.24, 2.45) is 0 Å². The summed E-state index contributed by atoms with van der Waals surface area (Å²) in [4.78, 5) is -0.177. The summed E-state index contributed by atoms with van der Waals surface area (Å²) in [6.45, 7) is 1.57. The summed E-state index contributed by atoms with van der Waals surface area (Å²) >= 11 is 5.87. The van der Waals surface area contributed by atoms with E-state index in [1.807, 2.05) is 6.07 Å². The van der Waals surface area contributed by atoms with Gasteiger partial charge in [0.15, 0.2) is 0 Å². The number of benzene rings is 2. The van der Waals surface area contributed by atoms with E-state index in [-0.39, 0.29) is 21.2 Å². The van der Waals surface area contributed by atoms with E-state index in [0.29, 0.717) is 5.56 Å². The third-order valence-corrected chi connectivity index (χ3v) is 4.64. The molecule has 0 aliphatic heterocycles. The minimum absolute atomic E-state index is 0.0749. The molecule has 1 N–H and O–H groups in total. The highest BCUT2D eigenvalue weighted by Gasteiger charge is 2.18. The molecular weight excluding hydrogens is 315 g/mol. The maximum absolute atomic E-state index is 13.4. The van der Waals surface area contributed by atoms with Crippen molar-refractivity contribution in [1.82, 2.24) is 0 Å². The fraction of sp³-hybridized carbons (Fsp3) is 0.0714. The van der Waals surface area contributed by atoms with Gasteiger partial charge >= 0.3 is 0 Å². The molecule has 0 aliphatic carbocycles. The Morgan fingerprint density at radius 1 is 1.24 bits per heavy atom. The van der Waals surface area contributed by atoms with Crippen LogP contribution in [0.3, 0.4) is 0 Å². The van der Waals surface area contributed by atoms with Crippen molar-refractivity contribution in [2.75, 3.05) is 4.72 Å². The molecule has 0 heterocycles. The lowest BCUT2D eigenvalue weighted by Gasteiger charge is -2.10. The molecule has 0 aliphatic rings. The van der Waals surface area contributed by atoms with Crippen molar-refractivity contribution in [3.05, 3.63) is 58.4 Å². The number of anilines is 1. The molecule has 0 atom stereocenters. The summed E-state index contributed by atoms with van der Waals surface area (Å²) in [5, 5.41) is 8.66. The van der Waals surface area contributed by atoms with E-state index >= 15 is 0 Å². The summed E-state index contributed by atoms with van der Waals surface area (Å²) < 4.78 is 40.1. The fourth-order valence-corrected chi connectivity index (χ4v) is 3.25. The molecule has 0 amide bonds. The summed E-state index contributed by atoms with van der Waals surface area (Å²) in [5.74, 6) is -0.513. The SMILES string of the molecule is Cc1ccc(NS(=O)(=O)c2ccc(C#N)cc2Cl)cc1F. The van der Waals surface area contributed by atoms with Gasteiger partial charge in [-0.3, -0.25) is 4.72 Å². The van der Waals surface area contributed by atoms with Crippen LogP contribution in [-0.4, -0.2) is 8.42 Å². The Hall–Kier alpha value is -2.10. The van der Waals surface area contributed by atoms with Crippen LogP contribution in [0.5, 0.6) is 0 Å². The largest absolute Gasteiger partial charge is 0.279 e. The van der Waals surface area contributed by atoms with Gasteiger partial charge in [0, 0.05) is 0 Å². The Morgan fingerprint density at radius 3 is 2.52 bits per heavy atom. The predicted octanol–water partition coefficient (Wildman–Crippen LogP) is 3.46. The van der Waals surface area contributed by atoms with Crippen LogP contribution < -0.4 is 4.72 Å². The molecule has 2 aromatic rings. The van der Waals surface area contributed by atoms with Crippen LogP contribution in [-0.2, 0) is 10.0 Å². The van der Waals surface area contributed by atoms with Gasteiger partial charge in [-0.05, 0) is 42.8 Å². The number of hydrogen-bond acceptors (Lipinski definition) is 3. The highest BCUT2D eigenvalue weighted by Crippen LogP contribution is 2.25. The normalized spacial score (nSPS) is 11.0. The number of hydrogen-bond donors (Lipinski definition) is 1. The molecule has 7 heteroatoms. The van der Waals surface area contributed by atoms with Crippen LogP contribution in [0, 0.1) is 24.1 Å². The molecule has 108 valence electrons. The maximum atomic E-state index is 13.4. The zero-order valence-corrected chi connectivity index (χ0v) is 12.5. The lowest BCUT2D eigenvalue weighted by atomic mass is 10.2. The Morgan fingerprint density at radius 2 is 1.95 bits per heavy atom. The standard InChI is InChI=1S/C14H10ClFN2O2S/c1-9-2-4-11(7-13(9)16)18-21(19,20)14-5-3-10(8-17)6-12(14)15/h2-7,18H,1H3. The highest BCUT2D eigenvalue weighted by atomic mass is 35.5. The van der Waals surface area contributed by atoms with Crippen molar-refractivity contribution in [3.63, 3.8) is 0 Å². The van der Waals surface area contributed by atoms with Crippen LogP contribution in [0.4, 0.5) is 10.1 Å². The second kappa shape index (κ2) is 5.72. The van der Waals surface area contributed by atoms with Crippen LogP contribution in [0.25, 0.3) is 0 Å². The first-order valence-corrected chi connectivity index (χ1v) is 7.68. The molecule has 0 radical (unpaired) electrons. The number of halogens is 2. The van der Waals surface area contributed by atoms with E-state index < -0.39 is 15.8 Å². The predicted molar refractivity (Wildman–Crippen MR) is 78.1 cm³/mol. The molecule has 2 rings (SSSR count). The Kier molecular flexibility index (Phi) is 4.16. The van der Waals surface area contributed by atoms with Gasteiger partial charge < -0.3 is 0 Å². The van der Waals surface area contributed by atoms with E-state index in [1.54, 1.807) is 6.92 Å². The van der Waals surface area contributed by atoms with Crippen molar-refractivity contribution in [1.29, 1.82) is 5.26 Å². The lowest BCUT2D eigenvalue weighted by molar-refractivity contribution is 0.601. The zero-order chi connectivity index (χ0) is 15.6. The van der Waals surface area contributed by atoms with Gasteiger partial charge in [0.2, 0.25) is 0 Å². The monoisotopic (exact) mass is 324 g/mol. The smallest absolute Gasteiger partial charge is 0.263 e. The average Bonchev–Trinajstić information content (AvgIpc) is 2.42. The molecule has 2 aromatic carbocycles. The van der Waals surface area contributed by atoms with Crippen LogP contribution in [0.1, 0.15) is 11.1 Å². The Labute approximate surface area is 126 Å². The highest BCUT2D eigenvalue weighted by molar-refractivity contribution is 7.92. The number of aryl methyl sites for hydroxylation is 1. The van der Waals surface area contributed by atoms with E-state index in [9.17, 15) is 12.8 Å². The number of nitrogens with one attached hydrogen (secondary N) is 1. The van der Waals surface area contributed by atoms with Crippen LogP contribution in [0.2, 0.25) is 5.02 Å². The van der Waals surface area contributed by atoms with Crippen LogP contribution in [0.15, 0.2) is 41.3 Å². The summed E-state index contributed by atoms with van der Waals surface area (Å²) in [5.41, 5.74) is 0.758. The first-order chi connectivity index (χ1) is 9.83. The molecular formula is C14H10ClFN2O2S. The third kappa shape index (κ3) is 3.32. The minimum Gasteiger partial charge on any atom is -0.279 e. The van der Waals surface area contributed by atoms with Gasteiger partial charge in [-0.2, -0.15) is 5.26 Å². The average molecular weight is 325 g/mol. The Balaban J connectivity index is 2.38. The summed E-state index contributed by atoms with van der Waals surface area (Å²) in [7, 11) is -3.96. The molecule has 0 saturated carbocycles. The fourth-order valence-electron chi connectivity index (χ4n) is 1.65. The molecule has 0 saturated heterocycles. The molecule has 4 nitrogen and oxygen atoms in total. The molecule has 0 bridgehead atoms. The third-order valence-electron chi connectivity index (χ3n) is 2.77.